The van der Waals surface area contributed by atoms with Gasteiger partial charge in [0.2, 0.25) is 0 Å². The Labute approximate surface area is 123 Å². The van der Waals surface area contributed by atoms with E-state index in [1.54, 1.807) is 0 Å². The molecule has 0 aliphatic heterocycles. The molecule has 3 rings (SSSR count). The van der Waals surface area contributed by atoms with Gasteiger partial charge in [-0.15, -0.1) is 0 Å². The second-order valence-electron chi connectivity index (χ2n) is 5.48. The summed E-state index contributed by atoms with van der Waals surface area (Å²) in [5.41, 5.74) is 9.87. The first-order valence-corrected chi connectivity index (χ1v) is 7.05. The maximum absolute atomic E-state index is 12.4. The molecule has 0 fully saturated rings. The number of nitrogens with one attached hydrogen (secondary N) is 1. The number of pyridine rings is 1. The fourth-order valence-corrected chi connectivity index (χ4v) is 2.69. The zero-order valence-electron chi connectivity index (χ0n) is 12.2. The van der Waals surface area contributed by atoms with Gasteiger partial charge in [0.25, 0.3) is 5.56 Å². The number of aryl methyl sites for hydroxylation is 1. The highest BCUT2D eigenvalue weighted by molar-refractivity contribution is 5.89. The van der Waals surface area contributed by atoms with E-state index in [9.17, 15) is 4.79 Å². The zero-order chi connectivity index (χ0) is 15.0. The maximum atomic E-state index is 12.4. The molecule has 1 aromatic heterocycles. The number of fused-ring (bicyclic) bond motifs is 1. The normalized spacial score (nSPS) is 12.5. The second kappa shape index (κ2) is 5.19. The van der Waals surface area contributed by atoms with E-state index in [4.69, 9.17) is 5.73 Å². The third kappa shape index (κ3) is 2.48. The van der Waals surface area contributed by atoms with Gasteiger partial charge in [-0.25, -0.2) is 0 Å². The topological polar surface area (TPSA) is 58.9 Å². The Hall–Kier alpha value is -2.39. The molecule has 0 aliphatic rings. The maximum Gasteiger partial charge on any atom is 0.256 e. The fraction of sp³-hybridized carbons (Fsp3) is 0.167. The van der Waals surface area contributed by atoms with Crippen molar-refractivity contribution in [1.82, 2.24) is 4.98 Å². The van der Waals surface area contributed by atoms with Gasteiger partial charge in [-0.05, 0) is 48.1 Å². The van der Waals surface area contributed by atoms with Crippen LogP contribution in [0.4, 0.5) is 0 Å². The van der Waals surface area contributed by atoms with Crippen LogP contribution in [0.3, 0.4) is 0 Å². The molecule has 21 heavy (non-hydrogen) atoms. The standard InChI is InChI=1S/C18H18N2O/c1-11-8-14(12(2)19)15-10-17(13-6-4-3-5-7-13)20-18(21)16(15)9-11/h3-10,12H,19H2,1-2H3,(H,20,21). The summed E-state index contributed by atoms with van der Waals surface area (Å²) >= 11 is 0. The quantitative estimate of drug-likeness (QED) is 0.753. The molecule has 3 N–H and O–H groups in total. The first-order valence-electron chi connectivity index (χ1n) is 7.05. The zero-order valence-corrected chi connectivity index (χ0v) is 12.2. The van der Waals surface area contributed by atoms with E-state index in [2.05, 4.69) is 11.1 Å². The molecule has 106 valence electrons. The first-order chi connectivity index (χ1) is 10.1. The number of rotatable bonds is 2. The number of aromatic nitrogens is 1. The van der Waals surface area contributed by atoms with Crippen molar-refractivity contribution in [2.24, 2.45) is 5.73 Å². The van der Waals surface area contributed by atoms with Crippen LogP contribution in [0, 0.1) is 6.92 Å². The molecule has 0 aliphatic carbocycles. The molecule has 3 aromatic rings. The highest BCUT2D eigenvalue weighted by atomic mass is 16.1. The largest absolute Gasteiger partial charge is 0.324 e. The number of hydrogen-bond acceptors (Lipinski definition) is 2. The highest BCUT2D eigenvalue weighted by Gasteiger charge is 2.11. The van der Waals surface area contributed by atoms with Crippen molar-refractivity contribution in [3.63, 3.8) is 0 Å². The van der Waals surface area contributed by atoms with Gasteiger partial charge in [0.05, 0.1) is 0 Å². The molecule has 1 unspecified atom stereocenters. The number of H-pyrrole nitrogens is 1. The predicted molar refractivity (Wildman–Crippen MR) is 87.3 cm³/mol. The van der Waals surface area contributed by atoms with Crippen LogP contribution < -0.4 is 11.3 Å². The van der Waals surface area contributed by atoms with Crippen molar-refractivity contribution in [2.45, 2.75) is 19.9 Å². The summed E-state index contributed by atoms with van der Waals surface area (Å²) in [5.74, 6) is 0. The van der Waals surface area contributed by atoms with E-state index in [-0.39, 0.29) is 11.6 Å². The smallest absolute Gasteiger partial charge is 0.256 e. The average Bonchev–Trinajstić information content (AvgIpc) is 2.48. The van der Waals surface area contributed by atoms with Crippen LogP contribution in [0.25, 0.3) is 22.0 Å². The van der Waals surface area contributed by atoms with Gasteiger partial charge in [-0.2, -0.15) is 0 Å². The molecule has 3 nitrogen and oxygen atoms in total. The fourth-order valence-electron chi connectivity index (χ4n) is 2.69. The molecule has 0 bridgehead atoms. The van der Waals surface area contributed by atoms with Crippen molar-refractivity contribution in [2.75, 3.05) is 0 Å². The minimum Gasteiger partial charge on any atom is -0.324 e. The number of aromatic amines is 1. The predicted octanol–water partition coefficient (Wildman–Crippen LogP) is 3.52. The lowest BCUT2D eigenvalue weighted by Gasteiger charge is -2.13. The van der Waals surface area contributed by atoms with Gasteiger partial charge in [0.1, 0.15) is 0 Å². The van der Waals surface area contributed by atoms with Crippen molar-refractivity contribution in [3.05, 3.63) is 70.0 Å². The van der Waals surface area contributed by atoms with E-state index in [0.29, 0.717) is 5.39 Å². The molecule has 0 spiro atoms. The molecule has 0 saturated heterocycles. The Morgan fingerprint density at radius 2 is 1.76 bits per heavy atom. The molecule has 0 radical (unpaired) electrons. The van der Waals surface area contributed by atoms with Gasteiger partial charge < -0.3 is 10.7 Å². The lowest BCUT2D eigenvalue weighted by molar-refractivity contribution is 0.825. The van der Waals surface area contributed by atoms with Gasteiger partial charge in [0, 0.05) is 17.1 Å². The van der Waals surface area contributed by atoms with E-state index >= 15 is 0 Å². The van der Waals surface area contributed by atoms with Crippen LogP contribution in [0.1, 0.15) is 24.1 Å². The van der Waals surface area contributed by atoms with Gasteiger partial charge >= 0.3 is 0 Å². The van der Waals surface area contributed by atoms with Gasteiger partial charge in [-0.3, -0.25) is 4.79 Å². The minimum absolute atomic E-state index is 0.0723. The molecular formula is C18H18N2O. The summed E-state index contributed by atoms with van der Waals surface area (Å²) in [6.45, 7) is 3.92. The molecule has 0 saturated carbocycles. The molecule has 3 heteroatoms. The van der Waals surface area contributed by atoms with Crippen LogP contribution in [-0.2, 0) is 0 Å². The van der Waals surface area contributed by atoms with Crippen molar-refractivity contribution < 1.29 is 0 Å². The van der Waals surface area contributed by atoms with Crippen LogP contribution in [0.15, 0.2) is 53.3 Å². The van der Waals surface area contributed by atoms with Crippen LogP contribution in [-0.4, -0.2) is 4.98 Å². The molecular weight excluding hydrogens is 260 g/mol. The summed E-state index contributed by atoms with van der Waals surface area (Å²) in [7, 11) is 0. The van der Waals surface area contributed by atoms with Gasteiger partial charge in [0.15, 0.2) is 0 Å². The molecule has 1 atom stereocenters. The summed E-state index contributed by atoms with van der Waals surface area (Å²) < 4.78 is 0. The molecule has 1 heterocycles. The summed E-state index contributed by atoms with van der Waals surface area (Å²) in [5, 5.41) is 1.63. The first kappa shape index (κ1) is 13.6. The minimum atomic E-state index is -0.113. The van der Waals surface area contributed by atoms with Gasteiger partial charge in [-0.1, -0.05) is 36.4 Å². The van der Waals surface area contributed by atoms with Crippen LogP contribution in [0.2, 0.25) is 0 Å². The van der Waals surface area contributed by atoms with E-state index in [0.717, 1.165) is 27.8 Å². The van der Waals surface area contributed by atoms with Crippen LogP contribution >= 0.6 is 0 Å². The lowest BCUT2D eigenvalue weighted by atomic mass is 9.97. The third-order valence-corrected chi connectivity index (χ3v) is 3.71. The Balaban J connectivity index is 2.35. The summed E-state index contributed by atoms with van der Waals surface area (Å²) in [4.78, 5) is 15.4. The monoisotopic (exact) mass is 278 g/mol. The summed E-state index contributed by atoms with van der Waals surface area (Å²) in [6.07, 6.45) is 0. The van der Waals surface area contributed by atoms with E-state index in [1.807, 2.05) is 56.3 Å². The lowest BCUT2D eigenvalue weighted by Crippen LogP contribution is -2.12. The third-order valence-electron chi connectivity index (χ3n) is 3.71. The highest BCUT2D eigenvalue weighted by Crippen LogP contribution is 2.26. The Kier molecular flexibility index (Phi) is 3.35. The summed E-state index contributed by atoms with van der Waals surface area (Å²) in [6, 6.07) is 15.7. The Morgan fingerprint density at radius 1 is 1.05 bits per heavy atom. The van der Waals surface area contributed by atoms with Crippen LogP contribution in [0.5, 0.6) is 0 Å². The Bertz CT molecular complexity index is 848. The SMILES string of the molecule is Cc1cc(C(C)N)c2cc(-c3ccccc3)[nH]c(=O)c2c1. The number of hydrogen-bond donors (Lipinski definition) is 2. The van der Waals surface area contributed by atoms with E-state index < -0.39 is 0 Å². The van der Waals surface area contributed by atoms with Crippen molar-refractivity contribution in [3.8, 4) is 11.3 Å². The number of nitrogens with two attached hydrogens (primary N) is 1. The number of benzene rings is 2. The second-order valence-corrected chi connectivity index (χ2v) is 5.48. The average molecular weight is 278 g/mol. The van der Waals surface area contributed by atoms with E-state index in [1.165, 1.54) is 0 Å². The molecule has 2 aromatic carbocycles. The van der Waals surface area contributed by atoms with Crippen molar-refractivity contribution >= 4 is 10.8 Å². The Morgan fingerprint density at radius 3 is 2.43 bits per heavy atom. The van der Waals surface area contributed by atoms with Crippen molar-refractivity contribution in [1.29, 1.82) is 0 Å². The molecule has 0 amide bonds.